The summed E-state index contributed by atoms with van der Waals surface area (Å²) in [6.07, 6.45) is 19.3. The predicted octanol–water partition coefficient (Wildman–Crippen LogP) is 5.05. The highest BCUT2D eigenvalue weighted by atomic mass is 15.0. The van der Waals surface area contributed by atoms with Crippen molar-refractivity contribution in [2.75, 3.05) is 0 Å². The highest BCUT2D eigenvalue weighted by molar-refractivity contribution is 4.92. The number of rotatable bonds is 2. The standard InChI is InChI=1S/C18H33N/c1-15-7-3-2-4-8-17(15)19-16-9-13-18(14-10-16)11-5-6-12-18/h15-17,19H,2-14H2,1H3. The second-order valence-electron chi connectivity index (χ2n) is 7.87. The van der Waals surface area contributed by atoms with E-state index in [1.54, 1.807) is 12.8 Å². The molecule has 0 amide bonds. The fourth-order valence-corrected chi connectivity index (χ4v) is 5.07. The molecule has 110 valence electrons. The summed E-state index contributed by atoms with van der Waals surface area (Å²) in [5.74, 6) is 0.907. The van der Waals surface area contributed by atoms with Gasteiger partial charge < -0.3 is 5.32 Å². The van der Waals surface area contributed by atoms with Crippen LogP contribution in [-0.2, 0) is 0 Å². The molecule has 19 heavy (non-hydrogen) atoms. The minimum atomic E-state index is 0.799. The largest absolute Gasteiger partial charge is 0.311 e. The minimum Gasteiger partial charge on any atom is -0.311 e. The first kappa shape index (κ1) is 13.9. The molecule has 1 nitrogen and oxygen atoms in total. The maximum absolute atomic E-state index is 4.05. The van der Waals surface area contributed by atoms with E-state index < -0.39 is 0 Å². The van der Waals surface area contributed by atoms with Gasteiger partial charge in [-0.25, -0.2) is 0 Å². The first-order chi connectivity index (χ1) is 9.27. The summed E-state index contributed by atoms with van der Waals surface area (Å²) >= 11 is 0. The summed E-state index contributed by atoms with van der Waals surface area (Å²) in [7, 11) is 0. The van der Waals surface area contributed by atoms with Crippen LogP contribution >= 0.6 is 0 Å². The first-order valence-electron chi connectivity index (χ1n) is 9.04. The molecule has 3 saturated carbocycles. The van der Waals surface area contributed by atoms with E-state index in [-0.39, 0.29) is 0 Å². The lowest BCUT2D eigenvalue weighted by atomic mass is 9.71. The Balaban J connectivity index is 1.48. The molecule has 1 N–H and O–H groups in total. The summed E-state index contributed by atoms with van der Waals surface area (Å²) in [6.45, 7) is 2.48. The average Bonchev–Trinajstić information content (AvgIpc) is 2.78. The smallest absolute Gasteiger partial charge is 0.00952 e. The average molecular weight is 263 g/mol. The van der Waals surface area contributed by atoms with Crippen LogP contribution in [0.1, 0.15) is 90.4 Å². The Kier molecular flexibility index (Phi) is 4.51. The van der Waals surface area contributed by atoms with Crippen LogP contribution in [0.3, 0.4) is 0 Å². The lowest BCUT2D eigenvalue weighted by molar-refractivity contribution is 0.155. The number of nitrogens with one attached hydrogen (secondary N) is 1. The van der Waals surface area contributed by atoms with Gasteiger partial charge in [0.05, 0.1) is 0 Å². The van der Waals surface area contributed by atoms with Crippen molar-refractivity contribution in [2.24, 2.45) is 11.3 Å². The third-order valence-corrected chi connectivity index (χ3v) is 6.52. The van der Waals surface area contributed by atoms with Crippen LogP contribution in [0.4, 0.5) is 0 Å². The van der Waals surface area contributed by atoms with Gasteiger partial charge in [-0.15, -0.1) is 0 Å². The van der Waals surface area contributed by atoms with Gasteiger partial charge in [0.15, 0.2) is 0 Å². The topological polar surface area (TPSA) is 12.0 Å². The van der Waals surface area contributed by atoms with Crippen molar-refractivity contribution < 1.29 is 0 Å². The van der Waals surface area contributed by atoms with Crippen molar-refractivity contribution in [2.45, 2.75) is 102 Å². The Morgan fingerprint density at radius 1 is 0.737 bits per heavy atom. The van der Waals surface area contributed by atoms with Crippen molar-refractivity contribution in [1.82, 2.24) is 5.32 Å². The van der Waals surface area contributed by atoms with Crippen LogP contribution in [0.15, 0.2) is 0 Å². The van der Waals surface area contributed by atoms with Crippen molar-refractivity contribution >= 4 is 0 Å². The molecular formula is C18H33N. The SMILES string of the molecule is CC1CCCCCC1NC1CCC2(CCCC2)CC1. The molecule has 1 spiro atoms. The Morgan fingerprint density at radius 3 is 2.16 bits per heavy atom. The van der Waals surface area contributed by atoms with E-state index in [1.807, 2.05) is 0 Å². The Hall–Kier alpha value is -0.0400. The molecule has 2 unspecified atom stereocenters. The Labute approximate surface area is 119 Å². The maximum Gasteiger partial charge on any atom is 0.00952 e. The van der Waals surface area contributed by atoms with E-state index in [1.165, 1.54) is 70.6 Å². The van der Waals surface area contributed by atoms with Gasteiger partial charge in [0.2, 0.25) is 0 Å². The van der Waals surface area contributed by atoms with E-state index in [2.05, 4.69) is 12.2 Å². The maximum atomic E-state index is 4.05. The van der Waals surface area contributed by atoms with E-state index in [0.29, 0.717) is 0 Å². The summed E-state index contributed by atoms with van der Waals surface area (Å²) in [4.78, 5) is 0. The molecule has 0 aromatic heterocycles. The van der Waals surface area contributed by atoms with Crippen molar-refractivity contribution in [3.63, 3.8) is 0 Å². The molecule has 0 bridgehead atoms. The molecule has 3 fully saturated rings. The minimum absolute atomic E-state index is 0.799. The molecule has 3 aliphatic rings. The van der Waals surface area contributed by atoms with E-state index in [9.17, 15) is 0 Å². The van der Waals surface area contributed by atoms with Gasteiger partial charge in [-0.05, 0) is 62.7 Å². The molecule has 1 heteroatoms. The number of hydrogen-bond donors (Lipinski definition) is 1. The zero-order valence-electron chi connectivity index (χ0n) is 12.9. The summed E-state index contributed by atoms with van der Waals surface area (Å²) < 4.78 is 0. The fraction of sp³-hybridized carbons (Fsp3) is 1.00. The van der Waals surface area contributed by atoms with Crippen molar-refractivity contribution in [1.29, 1.82) is 0 Å². The van der Waals surface area contributed by atoms with Gasteiger partial charge in [0.1, 0.15) is 0 Å². The van der Waals surface area contributed by atoms with Gasteiger partial charge in [-0.3, -0.25) is 0 Å². The van der Waals surface area contributed by atoms with Gasteiger partial charge in [-0.2, -0.15) is 0 Å². The molecule has 2 atom stereocenters. The van der Waals surface area contributed by atoms with Gasteiger partial charge in [-0.1, -0.05) is 39.0 Å². The summed E-state index contributed by atoms with van der Waals surface area (Å²) in [5.41, 5.74) is 0.799. The molecule has 3 aliphatic carbocycles. The Bertz CT molecular complexity index is 269. The first-order valence-corrected chi connectivity index (χ1v) is 9.04. The van der Waals surface area contributed by atoms with Crippen LogP contribution in [0, 0.1) is 11.3 Å². The molecule has 0 radical (unpaired) electrons. The van der Waals surface area contributed by atoms with Crippen LogP contribution in [0.25, 0.3) is 0 Å². The summed E-state index contributed by atoms with van der Waals surface area (Å²) in [6, 6.07) is 1.67. The van der Waals surface area contributed by atoms with Crippen LogP contribution in [-0.4, -0.2) is 12.1 Å². The fourth-order valence-electron chi connectivity index (χ4n) is 5.07. The molecule has 0 aromatic carbocycles. The van der Waals surface area contributed by atoms with E-state index in [0.717, 1.165) is 23.4 Å². The normalized spacial score (nSPS) is 36.5. The lowest BCUT2D eigenvalue weighted by Gasteiger charge is -2.39. The molecule has 0 saturated heterocycles. The third-order valence-electron chi connectivity index (χ3n) is 6.52. The molecule has 0 aromatic rings. The van der Waals surface area contributed by atoms with Gasteiger partial charge in [0.25, 0.3) is 0 Å². The van der Waals surface area contributed by atoms with Gasteiger partial charge >= 0.3 is 0 Å². The molecular weight excluding hydrogens is 230 g/mol. The second kappa shape index (κ2) is 6.16. The highest BCUT2D eigenvalue weighted by Crippen LogP contribution is 2.49. The van der Waals surface area contributed by atoms with Gasteiger partial charge in [0, 0.05) is 12.1 Å². The van der Waals surface area contributed by atoms with Crippen LogP contribution in [0.2, 0.25) is 0 Å². The quantitative estimate of drug-likeness (QED) is 0.688. The van der Waals surface area contributed by atoms with E-state index in [4.69, 9.17) is 0 Å². The van der Waals surface area contributed by atoms with Crippen LogP contribution < -0.4 is 5.32 Å². The molecule has 0 heterocycles. The van der Waals surface area contributed by atoms with Crippen LogP contribution in [0.5, 0.6) is 0 Å². The zero-order valence-corrected chi connectivity index (χ0v) is 12.9. The lowest BCUT2D eigenvalue weighted by Crippen LogP contribution is -2.44. The van der Waals surface area contributed by atoms with Crippen molar-refractivity contribution in [3.05, 3.63) is 0 Å². The van der Waals surface area contributed by atoms with E-state index >= 15 is 0 Å². The molecule has 0 aliphatic heterocycles. The second-order valence-corrected chi connectivity index (χ2v) is 7.87. The number of hydrogen-bond acceptors (Lipinski definition) is 1. The monoisotopic (exact) mass is 263 g/mol. The van der Waals surface area contributed by atoms with Crippen molar-refractivity contribution in [3.8, 4) is 0 Å². The molecule has 3 rings (SSSR count). The Morgan fingerprint density at radius 2 is 1.42 bits per heavy atom. The third kappa shape index (κ3) is 3.35. The summed E-state index contributed by atoms with van der Waals surface area (Å²) in [5, 5.41) is 4.05. The predicted molar refractivity (Wildman–Crippen MR) is 82.3 cm³/mol. The highest BCUT2D eigenvalue weighted by Gasteiger charge is 2.38. The zero-order chi connectivity index (χ0) is 13.1.